The number of aromatic nitrogens is 1. The number of aryl methyl sites for hydroxylation is 3. The minimum atomic E-state index is -5.08. The van der Waals surface area contributed by atoms with Gasteiger partial charge in [0.1, 0.15) is 11.4 Å². The average molecular weight is 1390 g/mol. The van der Waals surface area contributed by atoms with Crippen LogP contribution in [-0.2, 0) is 41.0 Å². The number of fused-ring (bicyclic) bond motifs is 3. The van der Waals surface area contributed by atoms with E-state index in [0.717, 1.165) is 55.2 Å². The first-order valence-electron chi connectivity index (χ1n) is 34.1. The van der Waals surface area contributed by atoms with Gasteiger partial charge in [-0.2, -0.15) is 13.2 Å². The van der Waals surface area contributed by atoms with E-state index in [-0.39, 0.29) is 60.5 Å². The van der Waals surface area contributed by atoms with Gasteiger partial charge in [-0.1, -0.05) is 172 Å². The molecule has 4 heterocycles. The number of alkyl halides is 3. The third-order valence-electron chi connectivity index (χ3n) is 18.1. The smallest absolute Gasteiger partial charge is 0.490 e. The van der Waals surface area contributed by atoms with E-state index >= 15 is 4.79 Å². The number of halogens is 3. The molecule has 0 bridgehead atoms. The molecule has 19 nitrogen and oxygen atoms in total. The number of rotatable bonds is 31. The number of nitrogens with one attached hydrogen (secondary N) is 2. The van der Waals surface area contributed by atoms with Crippen molar-refractivity contribution >= 4 is 58.9 Å². The first-order valence-corrected chi connectivity index (χ1v) is 34.1. The maximum atomic E-state index is 15.4. The molecule has 8 amide bonds. The van der Waals surface area contributed by atoms with E-state index in [1.807, 2.05) is 78.9 Å². The molecule has 5 N–H and O–H groups in total. The van der Waals surface area contributed by atoms with Crippen LogP contribution in [0.1, 0.15) is 195 Å². The van der Waals surface area contributed by atoms with Gasteiger partial charge in [-0.3, -0.25) is 58.3 Å². The standard InChI is InChI=1S/C78H76N6O11.C2HF3O2/c85-69(80-94)43-42-55-52-68(84(53-54-28-10-7-11-29-54)67(55)44-45-78(93,58-32-14-8-15-33-58)59-34-16-9-17-35-59)71(86)79-60-50-56(30-12-1-3-24-46-81-72(87)61-36-18-19-37-62(61)73(81)88)70(95-49-27-6-5-26-48-83-76(91)65-40-22-23-41-66(65)77(83)92)57(51-60)31-13-2-4-25-47-82-74(89)63-38-20-21-39-64(63)75(82)90;3-2(4,5)1(6)7/h7-11,14-23,28-29,32-41,50-52,93-94H,1-6,12-13,24-27,30-31,42-43,46-49,53H2,(H,79,86)(H,80,85);(H,6,7). The minimum Gasteiger partial charge on any atom is -0.493 e. The molecule has 0 atom stereocenters. The maximum absolute atomic E-state index is 15.4. The number of imide groups is 3. The lowest BCUT2D eigenvalue weighted by molar-refractivity contribution is -0.192. The predicted molar refractivity (Wildman–Crippen MR) is 373 cm³/mol. The number of benzene rings is 7. The Hall–Kier alpha value is -11.3. The van der Waals surface area contributed by atoms with Gasteiger partial charge in [-0.15, -0.1) is 0 Å². The second-order valence-electron chi connectivity index (χ2n) is 25.1. The molecular weight excluding hydrogens is 1310 g/mol. The number of carboxylic acids is 1. The number of hydrogen-bond donors (Lipinski definition) is 5. The van der Waals surface area contributed by atoms with Crippen LogP contribution in [0.5, 0.6) is 5.75 Å². The summed E-state index contributed by atoms with van der Waals surface area (Å²) >= 11 is 0. The maximum Gasteiger partial charge on any atom is 0.490 e. The molecule has 0 spiro atoms. The summed E-state index contributed by atoms with van der Waals surface area (Å²) in [4.78, 5) is 120. The Morgan fingerprint density at radius 2 is 0.843 bits per heavy atom. The monoisotopic (exact) mass is 1390 g/mol. The van der Waals surface area contributed by atoms with Crippen molar-refractivity contribution in [2.24, 2.45) is 0 Å². The Balaban J connectivity index is 0.00000152. The van der Waals surface area contributed by atoms with Crippen molar-refractivity contribution in [3.8, 4) is 17.6 Å². The summed E-state index contributed by atoms with van der Waals surface area (Å²) in [5, 5.41) is 32.7. The number of hydroxylamine groups is 1. The molecule has 102 heavy (non-hydrogen) atoms. The van der Waals surface area contributed by atoms with Gasteiger partial charge >= 0.3 is 12.1 Å². The molecule has 0 aliphatic carbocycles. The quantitative estimate of drug-likeness (QED) is 0.00891. The van der Waals surface area contributed by atoms with Crippen LogP contribution in [0.15, 0.2) is 182 Å². The first kappa shape index (κ1) is 73.4. The molecule has 0 saturated heterocycles. The van der Waals surface area contributed by atoms with Crippen LogP contribution in [0.2, 0.25) is 0 Å². The van der Waals surface area contributed by atoms with E-state index in [0.29, 0.717) is 145 Å². The van der Waals surface area contributed by atoms with Gasteiger partial charge in [0.2, 0.25) is 5.91 Å². The molecule has 526 valence electrons. The lowest BCUT2D eigenvalue weighted by Gasteiger charge is -2.23. The molecule has 3 aliphatic rings. The molecule has 0 unspecified atom stereocenters. The summed E-state index contributed by atoms with van der Waals surface area (Å²) in [6, 6.07) is 53.9. The molecule has 8 aromatic rings. The topological polar surface area (TPSA) is 262 Å². The van der Waals surface area contributed by atoms with Gasteiger partial charge in [-0.25, -0.2) is 10.3 Å². The van der Waals surface area contributed by atoms with Crippen molar-refractivity contribution in [1.29, 1.82) is 0 Å². The number of hydrogen-bond acceptors (Lipinski definition) is 12. The zero-order chi connectivity index (χ0) is 72.3. The van der Waals surface area contributed by atoms with Crippen LogP contribution < -0.4 is 15.5 Å². The zero-order valence-corrected chi connectivity index (χ0v) is 56.0. The Morgan fingerprint density at radius 1 is 0.471 bits per heavy atom. The molecule has 3 aliphatic heterocycles. The normalized spacial score (nSPS) is 13.1. The molecule has 11 rings (SSSR count). The Kier molecular flexibility index (Phi) is 24.6. The van der Waals surface area contributed by atoms with Gasteiger partial charge < -0.3 is 24.8 Å². The fourth-order valence-electron chi connectivity index (χ4n) is 12.9. The molecule has 0 saturated carbocycles. The van der Waals surface area contributed by atoms with Crippen molar-refractivity contribution in [3.05, 3.63) is 260 Å². The minimum absolute atomic E-state index is 0.0804. The summed E-state index contributed by atoms with van der Waals surface area (Å²) in [7, 11) is 0. The average Bonchev–Trinajstić information content (AvgIpc) is 1.45. The molecule has 0 radical (unpaired) electrons. The van der Waals surface area contributed by atoms with Crippen LogP contribution in [0.3, 0.4) is 0 Å². The third kappa shape index (κ3) is 17.6. The van der Waals surface area contributed by atoms with Gasteiger partial charge in [0.25, 0.3) is 41.4 Å². The number of carbonyl (C=O) groups excluding carboxylic acids is 8. The number of aliphatic carboxylic acids is 1. The van der Waals surface area contributed by atoms with E-state index in [9.17, 15) is 57.0 Å². The predicted octanol–water partition coefficient (Wildman–Crippen LogP) is 13.2. The highest BCUT2D eigenvalue weighted by Gasteiger charge is 2.39. The van der Waals surface area contributed by atoms with Crippen LogP contribution in [0.25, 0.3) is 0 Å². The highest BCUT2D eigenvalue weighted by atomic mass is 19.4. The van der Waals surface area contributed by atoms with E-state index < -0.39 is 29.6 Å². The molecule has 22 heteroatoms. The number of unbranched alkanes of at least 4 members (excludes halogenated alkanes) is 9. The Morgan fingerprint density at radius 3 is 1.24 bits per heavy atom. The molecular formula is C80H77F3N6O13. The van der Waals surface area contributed by atoms with Gasteiger partial charge in [-0.05, 0) is 141 Å². The lowest BCUT2D eigenvalue weighted by atomic mass is 9.86. The zero-order valence-electron chi connectivity index (χ0n) is 56.0. The summed E-state index contributed by atoms with van der Waals surface area (Å²) in [5.74, 6) is 1.61. The van der Waals surface area contributed by atoms with E-state index in [1.165, 1.54) is 14.7 Å². The number of ether oxygens (including phenoxy) is 1. The summed E-state index contributed by atoms with van der Waals surface area (Å²) in [6.45, 7) is 1.43. The lowest BCUT2D eigenvalue weighted by Crippen LogP contribution is -2.30. The third-order valence-corrected chi connectivity index (χ3v) is 18.1. The summed E-state index contributed by atoms with van der Waals surface area (Å²) in [5.41, 5.74) is 7.69. The number of amides is 8. The fourth-order valence-corrected chi connectivity index (χ4v) is 12.9. The summed E-state index contributed by atoms with van der Waals surface area (Å²) in [6.07, 6.45) is 4.37. The van der Waals surface area contributed by atoms with E-state index in [1.54, 1.807) is 113 Å². The largest absolute Gasteiger partial charge is 0.493 e. The number of carboxylic acid groups (broad SMARTS) is 1. The number of aliphatic hydroxyl groups is 1. The molecule has 7 aromatic carbocycles. The second kappa shape index (κ2) is 34.2. The molecule has 0 fully saturated rings. The van der Waals surface area contributed by atoms with Gasteiger partial charge in [0, 0.05) is 49.4 Å². The second-order valence-corrected chi connectivity index (χ2v) is 25.1. The van der Waals surface area contributed by atoms with Crippen molar-refractivity contribution in [2.45, 2.75) is 121 Å². The van der Waals surface area contributed by atoms with Crippen LogP contribution in [-0.4, -0.2) is 120 Å². The van der Waals surface area contributed by atoms with Crippen molar-refractivity contribution in [1.82, 2.24) is 24.7 Å². The Labute approximate surface area is 587 Å². The van der Waals surface area contributed by atoms with Crippen molar-refractivity contribution in [2.75, 3.05) is 31.6 Å². The van der Waals surface area contributed by atoms with Crippen LogP contribution >= 0.6 is 0 Å². The fraction of sp³-hybridized carbons (Fsp3) is 0.287. The summed E-state index contributed by atoms with van der Waals surface area (Å²) < 4.78 is 40.4. The van der Waals surface area contributed by atoms with Crippen molar-refractivity contribution in [3.63, 3.8) is 0 Å². The highest BCUT2D eigenvalue weighted by molar-refractivity contribution is 6.22. The van der Waals surface area contributed by atoms with Crippen LogP contribution in [0.4, 0.5) is 18.9 Å². The van der Waals surface area contributed by atoms with Crippen LogP contribution in [0, 0.1) is 11.8 Å². The Bertz CT molecular complexity index is 4220. The molecule has 1 aromatic heterocycles. The first-order chi connectivity index (χ1) is 49.3. The SMILES string of the molecule is O=C(CCc1cc(C(=O)Nc2cc(CCCCCCN3C(=O)c4ccccc4C3=O)c(OCCCCCCN3C(=O)c4ccccc4C3=O)c(CCCCCCN3C(=O)c4ccccc4C3=O)c2)n(Cc2ccccc2)c1C#CC(O)(c1ccccc1)c1ccccc1)NO.O=C(O)C(F)(F)F. The highest BCUT2D eigenvalue weighted by Crippen LogP contribution is 2.35. The van der Waals surface area contributed by atoms with E-state index in [4.69, 9.17) is 14.6 Å². The number of anilines is 1. The van der Waals surface area contributed by atoms with Crippen molar-refractivity contribution < 1.29 is 76.5 Å². The number of carbonyl (C=O) groups is 9. The van der Waals surface area contributed by atoms with Gasteiger partial charge in [0.15, 0.2) is 5.60 Å². The van der Waals surface area contributed by atoms with E-state index in [2.05, 4.69) is 17.2 Å². The number of nitrogens with zero attached hydrogens (tertiary/aromatic N) is 4. The van der Waals surface area contributed by atoms with Gasteiger partial charge in [0.05, 0.1) is 45.7 Å².